The topological polar surface area (TPSA) is 35.6 Å². The summed E-state index contributed by atoms with van der Waals surface area (Å²) >= 11 is 0. The van der Waals surface area contributed by atoms with Crippen LogP contribution in [0.1, 0.15) is 371 Å². The van der Waals surface area contributed by atoms with E-state index in [0.717, 1.165) is 78.2 Å². The Morgan fingerprint density at radius 3 is 0.822 bits per heavy atom. The van der Waals surface area contributed by atoms with Crippen molar-refractivity contribution in [2.45, 2.75) is 433 Å². The highest BCUT2D eigenvalue weighted by Gasteiger charge is 2.48. The lowest BCUT2D eigenvalue weighted by Gasteiger charge is -2.57. The molecule has 14 rings (SSSR count). The zero-order valence-electron chi connectivity index (χ0n) is 84.5. The molecule has 13 heteroatoms. The molecular formula is C105H203F2N11. The van der Waals surface area contributed by atoms with E-state index in [1.165, 1.54) is 263 Å². The van der Waals surface area contributed by atoms with E-state index < -0.39 is 11.3 Å². The second-order valence-electron chi connectivity index (χ2n) is 43.8. The highest BCUT2D eigenvalue weighted by molar-refractivity contribution is 5.23. The number of hydrogen-bond acceptors (Lipinski definition) is 11. The first-order valence-electron chi connectivity index (χ1n) is 49.9. The van der Waals surface area contributed by atoms with Crippen LogP contribution in [0.2, 0.25) is 0 Å². The maximum atomic E-state index is 13.3. The van der Waals surface area contributed by atoms with Crippen LogP contribution in [0.4, 0.5) is 8.78 Å². The van der Waals surface area contributed by atoms with Crippen molar-refractivity contribution in [1.29, 1.82) is 0 Å². The minimum Gasteiger partial charge on any atom is -0.304 e. The van der Waals surface area contributed by atoms with Crippen molar-refractivity contribution in [3.63, 3.8) is 0 Å². The van der Waals surface area contributed by atoms with Gasteiger partial charge in [0.15, 0.2) is 0 Å². The van der Waals surface area contributed by atoms with Crippen LogP contribution in [0.25, 0.3) is 0 Å². The number of halogens is 2. The van der Waals surface area contributed by atoms with E-state index in [0.29, 0.717) is 55.3 Å². The summed E-state index contributed by atoms with van der Waals surface area (Å²) in [4.78, 5) is 27.4. The molecule has 10 saturated heterocycles. The standard InChI is InChI=1S/C11H21N.C10H21N.C10H14.C9H18FN.C9H17N.C9H19N.C9H12.C8H18N2.2C8H17N.C7H14FN.C7H15N/c1-10(2)12-8-11(9-12)6-4-3-5-7-11;1-9(2)11-7-5-10(3,4)6-8-11;1-8(2)10-6-4-9(3)5-7-10;1-8(2)11-6-4-9(3,10)5-7-11;1-8(2)10-6-9(7-10)4-3-5-9;1-8(2)10-6-4-9(3)5-7-10;1-8(2)9-6-4-3-5-7-9;1-8(2)10-6-4-9(3)5-7-10;2*1-8(2)9-6-4-3-5-7-9;1-6(2)9-4-7(3,8)5-9;1-7(2)8-5-3-4-6-8/h10H,3-9H2,1-2H3;9H,5-8H2,1-4H3;4-8H,1-3H3;8H,4-7H2,1-3H3;8H,3-7H2,1-2H3;8-9H,4-7H2,1-3H3;3-8H,1-2H3;8H,4-7H2,1-3H3;2*8H,3-7H2,1-2H3;6H,4-5H2,1-3H3;7H,3-6H2,1-2H3. The lowest BCUT2D eigenvalue weighted by molar-refractivity contribution is -0.0758. The number of likely N-dealkylation sites (tertiary alicyclic amines) is 9. The van der Waals surface area contributed by atoms with Crippen LogP contribution in [0.3, 0.4) is 0 Å². The van der Waals surface area contributed by atoms with Gasteiger partial charge in [-0.1, -0.05) is 147 Å². The van der Waals surface area contributed by atoms with Gasteiger partial charge in [0.05, 0.1) is 0 Å². The van der Waals surface area contributed by atoms with Crippen LogP contribution in [0.5, 0.6) is 0 Å². The van der Waals surface area contributed by atoms with Gasteiger partial charge in [-0.3, -0.25) is 19.6 Å². The van der Waals surface area contributed by atoms with Crippen molar-refractivity contribution >= 4 is 0 Å². The molecular weight excluding hydrogens is 1450 g/mol. The first kappa shape index (κ1) is 110. The minimum absolute atomic E-state index is 0.508. The fourth-order valence-electron chi connectivity index (χ4n) is 18.1. The number of benzene rings is 2. The number of likely N-dealkylation sites (N-methyl/N-ethyl adjacent to an activating group) is 1. The third-order valence-corrected chi connectivity index (χ3v) is 28.3. The van der Waals surface area contributed by atoms with Crippen LogP contribution < -0.4 is 0 Å². The van der Waals surface area contributed by atoms with Gasteiger partial charge in [0.1, 0.15) is 11.3 Å². The van der Waals surface area contributed by atoms with Gasteiger partial charge >= 0.3 is 0 Å². The summed E-state index contributed by atoms with van der Waals surface area (Å²) in [5.41, 5.74) is 4.58. The molecule has 0 radical (unpaired) electrons. The number of alkyl halides is 2. The summed E-state index contributed by atoms with van der Waals surface area (Å²) < 4.78 is 26.1. The van der Waals surface area contributed by atoms with E-state index in [2.05, 4.69) is 303 Å². The van der Waals surface area contributed by atoms with E-state index in [9.17, 15) is 8.78 Å². The molecule has 0 unspecified atom stereocenters. The summed E-state index contributed by atoms with van der Waals surface area (Å²) in [6, 6.07) is 26.4. The second-order valence-corrected chi connectivity index (χ2v) is 43.8. The molecule has 0 atom stereocenters. The number of nitrogens with zero attached hydrogens (tertiary/aromatic N) is 11. The molecule has 10 aliphatic heterocycles. The normalized spacial score (nSPS) is 23.2. The van der Waals surface area contributed by atoms with Gasteiger partial charge in [0.25, 0.3) is 0 Å². The number of piperazine rings is 1. The Hall–Kier alpha value is -2.14. The number of rotatable bonds is 12. The van der Waals surface area contributed by atoms with Gasteiger partial charge in [-0.2, -0.15) is 0 Å². The first-order chi connectivity index (χ1) is 55.3. The van der Waals surface area contributed by atoms with Crippen LogP contribution in [-0.2, 0) is 0 Å². The number of piperidine rings is 5. The monoisotopic (exact) mass is 1660 g/mol. The average Bonchev–Trinajstić information content (AvgIpc) is 1.58. The molecule has 0 amide bonds. The quantitative estimate of drug-likeness (QED) is 0.204. The smallest absolute Gasteiger partial charge is 0.133 e. The average molecular weight is 1660 g/mol. The van der Waals surface area contributed by atoms with Gasteiger partial charge in [0.2, 0.25) is 0 Å². The van der Waals surface area contributed by atoms with E-state index in [1.54, 1.807) is 13.8 Å². The van der Waals surface area contributed by atoms with Gasteiger partial charge in [-0.15, -0.1) is 0 Å². The van der Waals surface area contributed by atoms with E-state index in [4.69, 9.17) is 0 Å². The molecule has 12 fully saturated rings. The summed E-state index contributed by atoms with van der Waals surface area (Å²) in [5, 5.41) is 0. The molecule has 2 aliphatic carbocycles. The maximum Gasteiger partial charge on any atom is 0.133 e. The maximum absolute atomic E-state index is 13.3. The lowest BCUT2D eigenvalue weighted by Crippen LogP contribution is -2.61. The van der Waals surface area contributed by atoms with Crippen LogP contribution in [0.15, 0.2) is 54.6 Å². The molecule has 2 saturated carbocycles. The van der Waals surface area contributed by atoms with Crippen molar-refractivity contribution in [2.75, 3.05) is 151 Å². The fraction of sp³-hybridized carbons (Fsp3) is 0.886. The SMILES string of the molecule is CC(C)N1CC(C)(F)C1.CC(C)N1CC2(CCC2)C1.CC(C)N1CC2(CCCCC2)C1.CC(C)N1CCC(C)(C)CC1.CC(C)N1CCC(C)(F)CC1.CC(C)N1CCCC1.CC(C)N1CCCCC1.CC(C)N1CCCCC1.CC(C)N1CCN(C)CC1.CC(C)c1ccccc1.CC1CCN(C(C)C)CC1.Cc1ccc(C(C)C)cc1. The number of aryl methyl sites for hydroxylation is 1. The molecule has 11 nitrogen and oxygen atoms in total. The van der Waals surface area contributed by atoms with Gasteiger partial charge in [0, 0.05) is 139 Å². The van der Waals surface area contributed by atoms with Gasteiger partial charge in [-0.05, 0) is 380 Å². The predicted octanol–water partition coefficient (Wildman–Crippen LogP) is 24.7. The Morgan fingerprint density at radius 2 is 0.542 bits per heavy atom. The molecule has 2 aromatic carbocycles. The Balaban J connectivity index is 0.000000333. The fourth-order valence-corrected chi connectivity index (χ4v) is 18.1. The molecule has 12 aliphatic rings. The molecule has 118 heavy (non-hydrogen) atoms. The molecule has 0 N–H and O–H groups in total. The molecule has 692 valence electrons. The van der Waals surface area contributed by atoms with Crippen LogP contribution >= 0.6 is 0 Å². The zero-order chi connectivity index (χ0) is 88.6. The second kappa shape index (κ2) is 56.8. The third kappa shape index (κ3) is 45.3. The van der Waals surface area contributed by atoms with Crippen molar-refractivity contribution in [3.8, 4) is 0 Å². The van der Waals surface area contributed by atoms with Crippen LogP contribution in [-0.4, -0.2) is 277 Å². The van der Waals surface area contributed by atoms with Crippen LogP contribution in [0, 0.1) is 29.1 Å². The van der Waals surface area contributed by atoms with E-state index in [1.807, 2.05) is 6.07 Å². The predicted molar refractivity (Wildman–Crippen MR) is 519 cm³/mol. The molecule has 10 heterocycles. The van der Waals surface area contributed by atoms with Crippen molar-refractivity contribution in [2.24, 2.45) is 22.2 Å². The summed E-state index contributed by atoms with van der Waals surface area (Å²) in [7, 11) is 2.19. The Labute approximate surface area is 735 Å². The van der Waals surface area contributed by atoms with E-state index >= 15 is 0 Å². The first-order valence-corrected chi connectivity index (χ1v) is 49.9. The summed E-state index contributed by atoms with van der Waals surface area (Å²) in [6.45, 7) is 93.4. The highest BCUT2D eigenvalue weighted by Crippen LogP contribution is 2.49. The van der Waals surface area contributed by atoms with Gasteiger partial charge < -0.3 is 34.3 Å². The zero-order valence-corrected chi connectivity index (χ0v) is 84.5. The van der Waals surface area contributed by atoms with Crippen molar-refractivity contribution in [3.05, 3.63) is 71.3 Å². The molecule has 0 bridgehead atoms. The van der Waals surface area contributed by atoms with Crippen molar-refractivity contribution in [1.82, 2.24) is 53.9 Å². The summed E-state index contributed by atoms with van der Waals surface area (Å²) in [5.74, 6) is 2.28. The minimum atomic E-state index is -0.899. The largest absolute Gasteiger partial charge is 0.304 e. The number of hydrogen-bond donors (Lipinski definition) is 0. The van der Waals surface area contributed by atoms with E-state index in [-0.39, 0.29) is 0 Å². The highest BCUT2D eigenvalue weighted by atomic mass is 19.1. The molecule has 2 aromatic rings. The molecule has 2 spiro atoms. The van der Waals surface area contributed by atoms with Crippen molar-refractivity contribution < 1.29 is 8.78 Å². The van der Waals surface area contributed by atoms with Gasteiger partial charge in [-0.25, -0.2) is 8.78 Å². The Kier molecular flexibility index (Phi) is 53.0. The Morgan fingerprint density at radius 1 is 0.271 bits per heavy atom. The third-order valence-electron chi connectivity index (χ3n) is 28.3. The lowest BCUT2D eigenvalue weighted by atomic mass is 9.63. The molecule has 0 aromatic heterocycles. The summed E-state index contributed by atoms with van der Waals surface area (Å²) in [6.07, 6.45) is 30.3. The Bertz CT molecular complexity index is 2610.